The van der Waals surface area contributed by atoms with Gasteiger partial charge < -0.3 is 10.3 Å². The van der Waals surface area contributed by atoms with E-state index in [4.69, 9.17) is 0 Å². The fourth-order valence-electron chi connectivity index (χ4n) is 4.82. The van der Waals surface area contributed by atoms with Crippen LogP contribution in [0.25, 0.3) is 16.6 Å². The van der Waals surface area contributed by atoms with Crippen LogP contribution in [0.2, 0.25) is 0 Å². The number of nitrogens with zero attached hydrogens (tertiary/aromatic N) is 4. The fourth-order valence-corrected chi connectivity index (χ4v) is 4.82. The Morgan fingerprint density at radius 2 is 1.86 bits per heavy atom. The van der Waals surface area contributed by atoms with Crippen LogP contribution in [0.4, 0.5) is 4.79 Å². The molecule has 1 unspecified atom stereocenters. The average molecular weight is 489 g/mol. The Morgan fingerprint density at radius 3 is 2.76 bits per heavy atom. The molecule has 2 aromatic carbocycles. The number of imidazole rings is 1. The molecule has 1 atom stereocenters. The van der Waals surface area contributed by atoms with E-state index in [9.17, 15) is 9.59 Å². The van der Waals surface area contributed by atoms with Crippen molar-refractivity contribution in [1.29, 1.82) is 0 Å². The molecule has 37 heavy (non-hydrogen) atoms. The average Bonchev–Trinajstić information content (AvgIpc) is 3.58. The van der Waals surface area contributed by atoms with Gasteiger partial charge in [-0.15, -0.1) is 0 Å². The Labute approximate surface area is 213 Å². The maximum atomic E-state index is 13.2. The molecule has 1 fully saturated rings. The zero-order valence-corrected chi connectivity index (χ0v) is 20.4. The summed E-state index contributed by atoms with van der Waals surface area (Å²) < 4.78 is 1.69. The number of rotatable bonds is 4. The van der Waals surface area contributed by atoms with Crippen molar-refractivity contribution in [2.75, 3.05) is 0 Å². The van der Waals surface area contributed by atoms with Crippen molar-refractivity contribution in [2.24, 2.45) is 0 Å². The Morgan fingerprint density at radius 1 is 1.00 bits per heavy atom. The summed E-state index contributed by atoms with van der Waals surface area (Å²) in [7, 11) is 0. The van der Waals surface area contributed by atoms with Crippen molar-refractivity contribution in [2.45, 2.75) is 32.9 Å². The summed E-state index contributed by atoms with van der Waals surface area (Å²) >= 11 is 0. The maximum Gasteiger partial charge on any atom is 0.325 e. The SMILES string of the molecule is Cc1c(C#Cc2cnc3cccnn23)cccc1CN1C(=O)NC(Cc2c[nH]c3c(C)cccc23)C1=O. The van der Waals surface area contributed by atoms with Gasteiger partial charge in [0.05, 0.1) is 12.7 Å². The molecule has 6 rings (SSSR count). The Bertz CT molecular complexity index is 1750. The first-order valence-electron chi connectivity index (χ1n) is 12.1. The number of nitrogens with one attached hydrogen (secondary N) is 2. The minimum absolute atomic E-state index is 0.187. The van der Waals surface area contributed by atoms with Crippen molar-refractivity contribution >= 4 is 28.5 Å². The second kappa shape index (κ2) is 8.95. The number of carbonyl (C=O) groups is 2. The predicted molar refractivity (Wildman–Crippen MR) is 140 cm³/mol. The number of amides is 3. The lowest BCUT2D eigenvalue weighted by Gasteiger charge is -2.15. The fraction of sp³-hybridized carbons (Fsp3) is 0.172. The summed E-state index contributed by atoms with van der Waals surface area (Å²) in [5, 5.41) is 8.23. The summed E-state index contributed by atoms with van der Waals surface area (Å²) in [5.74, 6) is 6.11. The highest BCUT2D eigenvalue weighted by atomic mass is 16.2. The number of urea groups is 1. The Balaban J connectivity index is 1.22. The van der Waals surface area contributed by atoms with Crippen LogP contribution < -0.4 is 5.32 Å². The number of hydrogen-bond donors (Lipinski definition) is 2. The normalized spacial score (nSPS) is 15.3. The van der Waals surface area contributed by atoms with Crippen molar-refractivity contribution in [3.63, 3.8) is 0 Å². The molecular weight excluding hydrogens is 464 g/mol. The first-order chi connectivity index (χ1) is 18.0. The molecule has 3 aromatic heterocycles. The van der Waals surface area contributed by atoms with Gasteiger partial charge in [-0.2, -0.15) is 5.10 Å². The number of H-pyrrole nitrogens is 1. The van der Waals surface area contributed by atoms with Gasteiger partial charge in [-0.1, -0.05) is 36.3 Å². The van der Waals surface area contributed by atoms with E-state index < -0.39 is 6.04 Å². The van der Waals surface area contributed by atoms with Crippen LogP contribution in [-0.4, -0.2) is 42.5 Å². The maximum absolute atomic E-state index is 13.2. The van der Waals surface area contributed by atoms with E-state index in [1.54, 1.807) is 16.9 Å². The number of aromatic amines is 1. The van der Waals surface area contributed by atoms with Crippen LogP contribution in [0.5, 0.6) is 0 Å². The van der Waals surface area contributed by atoms with Gasteiger partial charge in [0.25, 0.3) is 5.91 Å². The van der Waals surface area contributed by atoms with Crippen LogP contribution in [-0.2, 0) is 17.8 Å². The van der Waals surface area contributed by atoms with Gasteiger partial charge in [-0.25, -0.2) is 14.3 Å². The molecule has 0 radical (unpaired) electrons. The third kappa shape index (κ3) is 4.00. The molecule has 1 aliphatic heterocycles. The third-order valence-corrected chi connectivity index (χ3v) is 6.92. The number of carbonyl (C=O) groups excluding carboxylic acids is 2. The summed E-state index contributed by atoms with van der Waals surface area (Å²) in [6, 6.07) is 14.5. The molecule has 3 amide bonds. The van der Waals surface area contributed by atoms with Crippen LogP contribution in [0.1, 0.15) is 33.5 Å². The van der Waals surface area contributed by atoms with Crippen molar-refractivity contribution < 1.29 is 9.59 Å². The second-order valence-corrected chi connectivity index (χ2v) is 9.22. The smallest absolute Gasteiger partial charge is 0.325 e. The lowest BCUT2D eigenvalue weighted by atomic mass is 10.0. The van der Waals surface area contributed by atoms with Crippen molar-refractivity contribution in [3.8, 4) is 11.8 Å². The van der Waals surface area contributed by atoms with Crippen molar-refractivity contribution in [1.82, 2.24) is 29.8 Å². The second-order valence-electron chi connectivity index (χ2n) is 9.22. The number of aromatic nitrogens is 4. The van der Waals surface area contributed by atoms with Gasteiger partial charge in [0.2, 0.25) is 0 Å². The number of para-hydroxylation sites is 1. The highest BCUT2D eigenvalue weighted by Gasteiger charge is 2.38. The predicted octanol–water partition coefficient (Wildman–Crippen LogP) is 3.89. The lowest BCUT2D eigenvalue weighted by Crippen LogP contribution is -2.32. The lowest BCUT2D eigenvalue weighted by molar-refractivity contribution is -0.127. The molecule has 8 heteroatoms. The van der Waals surface area contributed by atoms with Gasteiger partial charge in [0.1, 0.15) is 11.7 Å². The van der Waals surface area contributed by atoms with Crippen LogP contribution in [0.15, 0.2) is 67.1 Å². The molecule has 0 bridgehead atoms. The zero-order chi connectivity index (χ0) is 25.5. The zero-order valence-electron chi connectivity index (χ0n) is 20.4. The Hall–Kier alpha value is -4.90. The van der Waals surface area contributed by atoms with E-state index >= 15 is 0 Å². The number of imide groups is 1. The summed E-state index contributed by atoms with van der Waals surface area (Å²) in [6.45, 7) is 4.19. The van der Waals surface area contributed by atoms with E-state index in [1.165, 1.54) is 4.90 Å². The molecule has 0 aliphatic carbocycles. The highest BCUT2D eigenvalue weighted by molar-refractivity contribution is 6.04. The standard InChI is InChI=1S/C29H24N6O2/c1-18-6-3-9-24-22(15-31-27(18)24)14-25-28(36)34(29(37)33-25)17-21-8-4-7-20(19(21)2)11-12-23-16-30-26-10-5-13-32-35(23)26/h3-10,13,15-16,25,31H,14,17H2,1-2H3,(H,33,37). The molecular formula is C29H24N6O2. The molecule has 2 N–H and O–H groups in total. The number of aryl methyl sites for hydroxylation is 1. The first kappa shape index (κ1) is 22.6. The van der Waals surface area contributed by atoms with Gasteiger partial charge in [-0.3, -0.25) is 9.69 Å². The Kier molecular flexibility index (Phi) is 5.46. The molecule has 0 saturated carbocycles. The molecule has 182 valence electrons. The van der Waals surface area contributed by atoms with E-state index in [2.05, 4.69) is 32.2 Å². The monoisotopic (exact) mass is 488 g/mol. The molecule has 1 saturated heterocycles. The van der Waals surface area contributed by atoms with E-state index in [0.29, 0.717) is 12.1 Å². The number of hydrogen-bond acceptors (Lipinski definition) is 4. The third-order valence-electron chi connectivity index (χ3n) is 6.92. The van der Waals surface area contributed by atoms with Gasteiger partial charge in [0, 0.05) is 35.3 Å². The van der Waals surface area contributed by atoms with Crippen LogP contribution in [0, 0.1) is 25.7 Å². The summed E-state index contributed by atoms with van der Waals surface area (Å²) in [6.07, 6.45) is 5.74. The van der Waals surface area contributed by atoms with Crippen molar-refractivity contribution in [3.05, 3.63) is 101 Å². The minimum Gasteiger partial charge on any atom is -0.361 e. The molecule has 4 heterocycles. The molecule has 5 aromatic rings. The molecule has 8 nitrogen and oxygen atoms in total. The quantitative estimate of drug-likeness (QED) is 0.296. The number of benzene rings is 2. The molecule has 1 aliphatic rings. The molecule has 0 spiro atoms. The minimum atomic E-state index is -0.599. The van der Waals surface area contributed by atoms with Crippen LogP contribution >= 0.6 is 0 Å². The van der Waals surface area contributed by atoms with E-state index in [0.717, 1.165) is 44.4 Å². The van der Waals surface area contributed by atoms with E-state index in [1.807, 2.05) is 68.6 Å². The van der Waals surface area contributed by atoms with Crippen LogP contribution in [0.3, 0.4) is 0 Å². The highest BCUT2D eigenvalue weighted by Crippen LogP contribution is 2.25. The summed E-state index contributed by atoms with van der Waals surface area (Å²) in [4.78, 5) is 34.9. The topological polar surface area (TPSA) is 95.4 Å². The van der Waals surface area contributed by atoms with Gasteiger partial charge >= 0.3 is 6.03 Å². The largest absolute Gasteiger partial charge is 0.361 e. The first-order valence-corrected chi connectivity index (χ1v) is 12.1. The summed E-state index contributed by atoms with van der Waals surface area (Å²) in [5.41, 5.74) is 7.24. The van der Waals surface area contributed by atoms with E-state index in [-0.39, 0.29) is 18.5 Å². The van der Waals surface area contributed by atoms with Gasteiger partial charge in [-0.05, 0) is 60.2 Å². The van der Waals surface area contributed by atoms with Gasteiger partial charge in [0.15, 0.2) is 5.65 Å². The number of fused-ring (bicyclic) bond motifs is 2.